The van der Waals surface area contributed by atoms with Gasteiger partial charge < -0.3 is 20.4 Å². The summed E-state index contributed by atoms with van der Waals surface area (Å²) in [5.74, 6) is 1.08. The maximum atomic E-state index is 11.7. The van der Waals surface area contributed by atoms with Gasteiger partial charge in [-0.25, -0.2) is 0 Å². The van der Waals surface area contributed by atoms with Gasteiger partial charge in [-0.15, -0.1) is 10.2 Å². The van der Waals surface area contributed by atoms with E-state index in [4.69, 9.17) is 4.42 Å². The van der Waals surface area contributed by atoms with Crippen LogP contribution in [0.25, 0.3) is 0 Å². The molecule has 8 nitrogen and oxygen atoms in total. The number of anilines is 3. The number of carbonyl (C=O) groups is 1. The molecule has 3 aromatic heterocycles. The zero-order chi connectivity index (χ0) is 16.6. The van der Waals surface area contributed by atoms with Gasteiger partial charge in [-0.1, -0.05) is 0 Å². The lowest BCUT2D eigenvalue weighted by atomic mass is 10.3. The van der Waals surface area contributed by atoms with E-state index in [1.54, 1.807) is 18.5 Å². The van der Waals surface area contributed by atoms with Crippen LogP contribution in [0.15, 0.2) is 59.7 Å². The molecule has 0 saturated heterocycles. The Morgan fingerprint density at radius 2 is 1.96 bits per heavy atom. The number of furan rings is 1. The van der Waals surface area contributed by atoms with Crippen LogP contribution in [-0.4, -0.2) is 34.2 Å². The standard InChI is InChI=1S/C16H16N6O2/c23-16(12-5-9-24-11-12)19-8-7-18-14-3-4-15(22-21-14)20-13-2-1-6-17-10-13/h1-6,9-11H,7-8H2,(H,18,21)(H,19,23)(H,20,22). The molecule has 3 rings (SSSR count). The van der Waals surface area contributed by atoms with Gasteiger partial charge in [0.05, 0.1) is 23.7 Å². The Kier molecular flexibility index (Phi) is 4.98. The van der Waals surface area contributed by atoms with E-state index in [-0.39, 0.29) is 5.91 Å². The highest BCUT2D eigenvalue weighted by atomic mass is 16.3. The molecule has 0 aromatic carbocycles. The number of nitrogens with zero attached hydrogens (tertiary/aromatic N) is 3. The van der Waals surface area contributed by atoms with Gasteiger partial charge in [0.1, 0.15) is 12.1 Å². The van der Waals surface area contributed by atoms with Gasteiger partial charge in [0.25, 0.3) is 5.91 Å². The van der Waals surface area contributed by atoms with Crippen LogP contribution in [0.3, 0.4) is 0 Å². The number of aromatic nitrogens is 3. The van der Waals surface area contributed by atoms with Crippen molar-refractivity contribution in [1.82, 2.24) is 20.5 Å². The first-order chi connectivity index (χ1) is 11.8. The van der Waals surface area contributed by atoms with Crippen molar-refractivity contribution in [3.05, 3.63) is 60.8 Å². The third-order valence-electron chi connectivity index (χ3n) is 3.10. The lowest BCUT2D eigenvalue weighted by Gasteiger charge is -2.07. The molecule has 0 bridgehead atoms. The molecular weight excluding hydrogens is 308 g/mol. The second-order valence-corrected chi connectivity index (χ2v) is 4.87. The van der Waals surface area contributed by atoms with E-state index >= 15 is 0 Å². The van der Waals surface area contributed by atoms with Gasteiger partial charge in [-0.3, -0.25) is 9.78 Å². The number of pyridine rings is 1. The van der Waals surface area contributed by atoms with Gasteiger partial charge >= 0.3 is 0 Å². The summed E-state index contributed by atoms with van der Waals surface area (Å²) in [4.78, 5) is 15.7. The van der Waals surface area contributed by atoms with E-state index in [0.717, 1.165) is 5.69 Å². The summed E-state index contributed by atoms with van der Waals surface area (Å²) < 4.78 is 4.86. The van der Waals surface area contributed by atoms with Crippen molar-refractivity contribution in [2.24, 2.45) is 0 Å². The Hall–Kier alpha value is -3.42. The summed E-state index contributed by atoms with van der Waals surface area (Å²) >= 11 is 0. The molecule has 0 fully saturated rings. The Morgan fingerprint density at radius 3 is 2.67 bits per heavy atom. The first-order valence-electron chi connectivity index (χ1n) is 7.36. The molecule has 1 amide bonds. The molecule has 0 aliphatic carbocycles. The summed E-state index contributed by atoms with van der Waals surface area (Å²) in [7, 11) is 0. The Bertz CT molecular complexity index is 759. The zero-order valence-electron chi connectivity index (χ0n) is 12.8. The summed E-state index contributed by atoms with van der Waals surface area (Å²) in [6.07, 6.45) is 6.28. The maximum absolute atomic E-state index is 11.7. The Morgan fingerprint density at radius 1 is 1.08 bits per heavy atom. The molecule has 0 spiro atoms. The van der Waals surface area contributed by atoms with Gasteiger partial charge in [0, 0.05) is 19.3 Å². The zero-order valence-corrected chi connectivity index (χ0v) is 12.8. The van der Waals surface area contributed by atoms with Crippen LogP contribution in [-0.2, 0) is 0 Å². The lowest BCUT2D eigenvalue weighted by molar-refractivity contribution is 0.0954. The van der Waals surface area contributed by atoms with Gasteiger partial charge in [0.2, 0.25) is 0 Å². The molecule has 3 heterocycles. The van der Waals surface area contributed by atoms with E-state index in [1.165, 1.54) is 12.5 Å². The highest BCUT2D eigenvalue weighted by Crippen LogP contribution is 2.12. The lowest BCUT2D eigenvalue weighted by Crippen LogP contribution is -2.28. The van der Waals surface area contributed by atoms with Crippen LogP contribution in [0.1, 0.15) is 10.4 Å². The Balaban J connectivity index is 1.42. The number of carbonyl (C=O) groups excluding carboxylic acids is 1. The molecule has 0 aliphatic rings. The summed E-state index contributed by atoms with van der Waals surface area (Å²) in [6.45, 7) is 0.995. The summed E-state index contributed by atoms with van der Waals surface area (Å²) in [6, 6.07) is 8.96. The fourth-order valence-corrected chi connectivity index (χ4v) is 1.94. The minimum atomic E-state index is -0.173. The first-order valence-corrected chi connectivity index (χ1v) is 7.36. The van der Waals surface area contributed by atoms with Gasteiger partial charge in [0.15, 0.2) is 5.82 Å². The second-order valence-electron chi connectivity index (χ2n) is 4.87. The van der Waals surface area contributed by atoms with Crippen molar-refractivity contribution in [3.8, 4) is 0 Å². The average molecular weight is 324 g/mol. The smallest absolute Gasteiger partial charge is 0.254 e. The number of rotatable bonds is 7. The van der Waals surface area contributed by atoms with Crippen molar-refractivity contribution in [2.75, 3.05) is 23.7 Å². The molecule has 0 unspecified atom stereocenters. The van der Waals surface area contributed by atoms with Crippen molar-refractivity contribution < 1.29 is 9.21 Å². The minimum absolute atomic E-state index is 0.173. The number of nitrogens with one attached hydrogen (secondary N) is 3. The van der Waals surface area contributed by atoms with Gasteiger partial charge in [-0.05, 0) is 30.3 Å². The number of hydrogen-bond acceptors (Lipinski definition) is 7. The average Bonchev–Trinajstić information content (AvgIpc) is 3.16. The Labute approximate surface area is 138 Å². The largest absolute Gasteiger partial charge is 0.472 e. The normalized spacial score (nSPS) is 10.2. The molecule has 0 saturated carbocycles. The van der Waals surface area contributed by atoms with Crippen LogP contribution in [0, 0.1) is 0 Å². The predicted octanol–water partition coefficient (Wildman–Crippen LogP) is 2.05. The predicted molar refractivity (Wildman–Crippen MR) is 89.1 cm³/mol. The second kappa shape index (κ2) is 7.73. The SMILES string of the molecule is O=C(NCCNc1ccc(Nc2cccnc2)nn1)c1ccoc1. The van der Waals surface area contributed by atoms with E-state index in [0.29, 0.717) is 30.3 Å². The molecule has 0 radical (unpaired) electrons. The quantitative estimate of drug-likeness (QED) is 0.571. The van der Waals surface area contributed by atoms with E-state index in [9.17, 15) is 4.79 Å². The summed E-state index contributed by atoms with van der Waals surface area (Å²) in [5, 5.41) is 17.1. The number of hydrogen-bond donors (Lipinski definition) is 3. The van der Waals surface area contributed by atoms with Crippen molar-refractivity contribution >= 4 is 23.2 Å². The topological polar surface area (TPSA) is 105 Å². The van der Waals surface area contributed by atoms with Crippen LogP contribution in [0.2, 0.25) is 0 Å². The highest BCUT2D eigenvalue weighted by Gasteiger charge is 2.05. The number of amides is 1. The summed E-state index contributed by atoms with van der Waals surface area (Å²) in [5.41, 5.74) is 1.34. The fourth-order valence-electron chi connectivity index (χ4n) is 1.94. The fraction of sp³-hybridized carbons (Fsp3) is 0.125. The molecule has 122 valence electrons. The van der Waals surface area contributed by atoms with Crippen LogP contribution in [0.5, 0.6) is 0 Å². The first kappa shape index (κ1) is 15.5. The van der Waals surface area contributed by atoms with E-state index in [1.807, 2.05) is 24.3 Å². The monoisotopic (exact) mass is 324 g/mol. The molecule has 0 atom stereocenters. The van der Waals surface area contributed by atoms with Crippen LogP contribution >= 0.6 is 0 Å². The van der Waals surface area contributed by atoms with E-state index < -0.39 is 0 Å². The third-order valence-corrected chi connectivity index (χ3v) is 3.10. The van der Waals surface area contributed by atoms with Crippen molar-refractivity contribution in [2.45, 2.75) is 0 Å². The van der Waals surface area contributed by atoms with Crippen molar-refractivity contribution in [3.63, 3.8) is 0 Å². The van der Waals surface area contributed by atoms with Crippen LogP contribution < -0.4 is 16.0 Å². The molecule has 8 heteroatoms. The maximum Gasteiger partial charge on any atom is 0.254 e. The minimum Gasteiger partial charge on any atom is -0.472 e. The van der Waals surface area contributed by atoms with Crippen LogP contribution in [0.4, 0.5) is 17.3 Å². The van der Waals surface area contributed by atoms with E-state index in [2.05, 4.69) is 31.1 Å². The van der Waals surface area contributed by atoms with Crippen molar-refractivity contribution in [1.29, 1.82) is 0 Å². The molecule has 3 aromatic rings. The molecular formula is C16H16N6O2. The van der Waals surface area contributed by atoms with Gasteiger partial charge in [-0.2, -0.15) is 0 Å². The molecule has 3 N–H and O–H groups in total. The molecule has 0 aliphatic heterocycles. The highest BCUT2D eigenvalue weighted by molar-refractivity contribution is 5.93. The molecule has 24 heavy (non-hydrogen) atoms. The third kappa shape index (κ3) is 4.29.